The number of esters is 1. The average Bonchev–Trinajstić information content (AvgIpc) is 2.71. The summed E-state index contributed by atoms with van der Waals surface area (Å²) in [6.07, 6.45) is 6.85. The highest BCUT2D eigenvalue weighted by molar-refractivity contribution is 5.87. The van der Waals surface area contributed by atoms with Crippen LogP contribution in [0.15, 0.2) is 12.4 Å². The molecular weight excluding hydrogens is 256 g/mol. The standard InChI is InChI=1S/C14H20N4O2/c1-17-10-3-4-11(17)9-18(6-5-10)13-8-15-7-12(16-13)14(19)20-2/h7-8,10-11H,3-6,9H2,1-2H3. The van der Waals surface area contributed by atoms with Crippen LogP contribution in [0.4, 0.5) is 5.82 Å². The molecule has 2 bridgehead atoms. The molecule has 0 spiro atoms. The normalized spacial score (nSPS) is 26.4. The van der Waals surface area contributed by atoms with Crippen molar-refractivity contribution in [2.24, 2.45) is 0 Å². The summed E-state index contributed by atoms with van der Waals surface area (Å²) in [5.41, 5.74) is 0.271. The van der Waals surface area contributed by atoms with Gasteiger partial charge in [0, 0.05) is 25.2 Å². The van der Waals surface area contributed by atoms with Crippen LogP contribution in [0.5, 0.6) is 0 Å². The fourth-order valence-corrected chi connectivity index (χ4v) is 3.23. The van der Waals surface area contributed by atoms with Crippen LogP contribution in [0.25, 0.3) is 0 Å². The molecule has 2 saturated heterocycles. The van der Waals surface area contributed by atoms with Crippen LogP contribution in [0.1, 0.15) is 29.8 Å². The summed E-state index contributed by atoms with van der Waals surface area (Å²) < 4.78 is 4.70. The molecule has 2 unspecified atom stereocenters. The van der Waals surface area contributed by atoms with Gasteiger partial charge in [-0.1, -0.05) is 0 Å². The summed E-state index contributed by atoms with van der Waals surface area (Å²) in [6, 6.07) is 1.26. The molecule has 0 amide bonds. The number of carbonyl (C=O) groups is 1. The highest BCUT2D eigenvalue weighted by Gasteiger charge is 2.35. The van der Waals surface area contributed by atoms with E-state index >= 15 is 0 Å². The van der Waals surface area contributed by atoms with E-state index in [-0.39, 0.29) is 5.69 Å². The van der Waals surface area contributed by atoms with Gasteiger partial charge in [0.1, 0.15) is 5.82 Å². The number of carbonyl (C=O) groups excluding carboxylic acids is 1. The van der Waals surface area contributed by atoms with E-state index in [1.165, 1.54) is 26.1 Å². The highest BCUT2D eigenvalue weighted by Crippen LogP contribution is 2.29. The van der Waals surface area contributed by atoms with Gasteiger partial charge < -0.3 is 9.64 Å². The first-order chi connectivity index (χ1) is 9.69. The van der Waals surface area contributed by atoms with Crippen molar-refractivity contribution in [3.8, 4) is 0 Å². The maximum atomic E-state index is 11.5. The molecule has 0 N–H and O–H groups in total. The number of hydrogen-bond acceptors (Lipinski definition) is 6. The number of anilines is 1. The molecule has 3 heterocycles. The van der Waals surface area contributed by atoms with Crippen LogP contribution >= 0.6 is 0 Å². The maximum Gasteiger partial charge on any atom is 0.358 e. The van der Waals surface area contributed by atoms with Crippen LogP contribution in [-0.2, 0) is 4.74 Å². The fourth-order valence-electron chi connectivity index (χ4n) is 3.23. The molecule has 108 valence electrons. The Balaban J connectivity index is 1.81. The molecule has 2 atom stereocenters. The van der Waals surface area contributed by atoms with E-state index < -0.39 is 5.97 Å². The third-order valence-electron chi connectivity index (χ3n) is 4.49. The zero-order valence-electron chi connectivity index (χ0n) is 12.0. The monoisotopic (exact) mass is 276 g/mol. The van der Waals surface area contributed by atoms with Crippen molar-refractivity contribution < 1.29 is 9.53 Å². The minimum Gasteiger partial charge on any atom is -0.464 e. The molecule has 20 heavy (non-hydrogen) atoms. The summed E-state index contributed by atoms with van der Waals surface area (Å²) in [6.45, 7) is 1.91. The summed E-state index contributed by atoms with van der Waals surface area (Å²) in [5, 5.41) is 0. The predicted octanol–water partition coefficient (Wildman–Crippen LogP) is 0.936. The summed E-state index contributed by atoms with van der Waals surface area (Å²) >= 11 is 0. The van der Waals surface area contributed by atoms with Crippen LogP contribution in [0.2, 0.25) is 0 Å². The number of rotatable bonds is 2. The van der Waals surface area contributed by atoms with Crippen molar-refractivity contribution in [2.75, 3.05) is 32.1 Å². The third kappa shape index (κ3) is 2.35. The molecule has 0 radical (unpaired) electrons. The first-order valence-corrected chi connectivity index (χ1v) is 7.06. The smallest absolute Gasteiger partial charge is 0.358 e. The van der Waals surface area contributed by atoms with Crippen molar-refractivity contribution in [3.05, 3.63) is 18.1 Å². The number of ether oxygens (including phenoxy) is 1. The Morgan fingerprint density at radius 1 is 1.30 bits per heavy atom. The molecule has 1 aromatic heterocycles. The molecule has 2 aliphatic heterocycles. The average molecular weight is 276 g/mol. The Kier molecular flexibility index (Phi) is 3.56. The van der Waals surface area contributed by atoms with Crippen molar-refractivity contribution in [2.45, 2.75) is 31.3 Å². The number of likely N-dealkylation sites (N-methyl/N-ethyl adjacent to an activating group) is 1. The minimum absolute atomic E-state index is 0.271. The van der Waals surface area contributed by atoms with E-state index in [2.05, 4.69) is 26.8 Å². The second-order valence-corrected chi connectivity index (χ2v) is 5.54. The molecule has 0 aromatic carbocycles. The van der Waals surface area contributed by atoms with Gasteiger partial charge in [-0.2, -0.15) is 0 Å². The van der Waals surface area contributed by atoms with Crippen LogP contribution in [0.3, 0.4) is 0 Å². The summed E-state index contributed by atoms with van der Waals surface area (Å²) in [4.78, 5) is 24.8. The Labute approximate surface area is 118 Å². The number of nitrogens with zero attached hydrogens (tertiary/aromatic N) is 4. The minimum atomic E-state index is -0.437. The van der Waals surface area contributed by atoms with Crippen molar-refractivity contribution in [1.82, 2.24) is 14.9 Å². The molecule has 2 fully saturated rings. The Morgan fingerprint density at radius 2 is 2.10 bits per heavy atom. The lowest BCUT2D eigenvalue weighted by molar-refractivity contribution is 0.0593. The predicted molar refractivity (Wildman–Crippen MR) is 74.8 cm³/mol. The third-order valence-corrected chi connectivity index (χ3v) is 4.49. The molecule has 0 aliphatic carbocycles. The zero-order chi connectivity index (χ0) is 14.1. The summed E-state index contributed by atoms with van der Waals surface area (Å²) in [7, 11) is 3.57. The van der Waals surface area contributed by atoms with E-state index in [4.69, 9.17) is 4.74 Å². The lowest BCUT2D eigenvalue weighted by Gasteiger charge is -2.26. The number of methoxy groups -OCH3 is 1. The molecule has 2 aliphatic rings. The summed E-state index contributed by atoms with van der Waals surface area (Å²) in [5.74, 6) is 0.335. The fraction of sp³-hybridized carbons (Fsp3) is 0.643. The van der Waals surface area contributed by atoms with Gasteiger partial charge in [-0.15, -0.1) is 0 Å². The second kappa shape index (κ2) is 5.36. The number of aromatic nitrogens is 2. The topological polar surface area (TPSA) is 58.6 Å². The quantitative estimate of drug-likeness (QED) is 0.749. The Bertz CT molecular complexity index is 508. The van der Waals surface area contributed by atoms with Gasteiger partial charge in [-0.3, -0.25) is 9.88 Å². The van der Waals surface area contributed by atoms with Gasteiger partial charge in [-0.25, -0.2) is 9.78 Å². The van der Waals surface area contributed by atoms with E-state index in [9.17, 15) is 4.79 Å². The van der Waals surface area contributed by atoms with Crippen molar-refractivity contribution >= 4 is 11.8 Å². The molecule has 6 heteroatoms. The van der Waals surface area contributed by atoms with Crippen LogP contribution in [-0.4, -0.2) is 60.2 Å². The maximum absolute atomic E-state index is 11.5. The van der Waals surface area contributed by atoms with Crippen LogP contribution < -0.4 is 4.90 Å². The van der Waals surface area contributed by atoms with Gasteiger partial charge in [0.15, 0.2) is 5.69 Å². The Morgan fingerprint density at radius 3 is 2.90 bits per heavy atom. The molecule has 3 rings (SSSR count). The van der Waals surface area contributed by atoms with E-state index in [1.807, 2.05) is 0 Å². The van der Waals surface area contributed by atoms with Gasteiger partial charge in [0.2, 0.25) is 0 Å². The van der Waals surface area contributed by atoms with E-state index in [0.29, 0.717) is 12.1 Å². The van der Waals surface area contributed by atoms with Gasteiger partial charge >= 0.3 is 5.97 Å². The number of hydrogen-bond donors (Lipinski definition) is 0. The molecular formula is C14H20N4O2. The highest BCUT2D eigenvalue weighted by atomic mass is 16.5. The lowest BCUT2D eigenvalue weighted by atomic mass is 10.1. The zero-order valence-corrected chi connectivity index (χ0v) is 12.0. The van der Waals surface area contributed by atoms with Crippen molar-refractivity contribution in [1.29, 1.82) is 0 Å². The number of fused-ring (bicyclic) bond motifs is 2. The second-order valence-electron chi connectivity index (χ2n) is 5.54. The largest absolute Gasteiger partial charge is 0.464 e. The molecule has 0 saturated carbocycles. The van der Waals surface area contributed by atoms with E-state index in [0.717, 1.165) is 25.3 Å². The Hall–Kier alpha value is -1.69. The molecule has 6 nitrogen and oxygen atoms in total. The first kappa shape index (κ1) is 13.3. The van der Waals surface area contributed by atoms with Gasteiger partial charge in [0.05, 0.1) is 19.5 Å². The van der Waals surface area contributed by atoms with Gasteiger partial charge in [0.25, 0.3) is 0 Å². The SMILES string of the molecule is COC(=O)c1cncc(N2CCC3CCC(C2)N3C)n1. The van der Waals surface area contributed by atoms with Crippen molar-refractivity contribution in [3.63, 3.8) is 0 Å². The van der Waals surface area contributed by atoms with Gasteiger partial charge in [-0.05, 0) is 26.3 Å². The first-order valence-electron chi connectivity index (χ1n) is 7.06. The molecule has 1 aromatic rings. The van der Waals surface area contributed by atoms with E-state index in [1.54, 1.807) is 6.20 Å². The lowest BCUT2D eigenvalue weighted by Crippen LogP contribution is -2.37. The van der Waals surface area contributed by atoms with Crippen LogP contribution in [0, 0.1) is 0 Å².